The number of nitrogens with two attached hydrogens (primary N) is 1. The zero-order valence-electron chi connectivity index (χ0n) is 13.7. The van der Waals surface area contributed by atoms with Crippen LogP contribution in [-0.4, -0.2) is 34.5 Å². The van der Waals surface area contributed by atoms with Crippen molar-refractivity contribution in [3.05, 3.63) is 45.4 Å². The molecular weight excluding hydrogens is 336 g/mol. The maximum Gasteiger partial charge on any atom is 0.180 e. The summed E-state index contributed by atoms with van der Waals surface area (Å²) >= 11 is 3.39. The molecule has 4 nitrogen and oxygen atoms in total. The van der Waals surface area contributed by atoms with Gasteiger partial charge in [0.05, 0.1) is 20.9 Å². The number of aromatic nitrogens is 2. The lowest BCUT2D eigenvalue weighted by Gasteiger charge is -2.17. The number of rotatable bonds is 3. The van der Waals surface area contributed by atoms with Gasteiger partial charge in [0.1, 0.15) is 0 Å². The Morgan fingerprint density at radius 3 is 3.00 bits per heavy atom. The number of nitrogen functional groups attached to an aromatic ring is 1. The highest BCUT2D eigenvalue weighted by Gasteiger charge is 2.16. The van der Waals surface area contributed by atoms with Gasteiger partial charge >= 0.3 is 0 Å². The number of nitrogens with zero attached hydrogens (tertiary/aromatic N) is 3. The molecule has 0 radical (unpaired) electrons. The lowest BCUT2D eigenvalue weighted by molar-refractivity contribution is 0.318. The van der Waals surface area contributed by atoms with Crippen molar-refractivity contribution < 1.29 is 0 Å². The van der Waals surface area contributed by atoms with Crippen LogP contribution >= 0.6 is 22.7 Å². The minimum absolute atomic E-state index is 0.709. The van der Waals surface area contributed by atoms with Crippen molar-refractivity contribution >= 4 is 44.1 Å². The topological polar surface area (TPSA) is 55.0 Å². The van der Waals surface area contributed by atoms with E-state index in [2.05, 4.69) is 52.1 Å². The largest absolute Gasteiger partial charge is 0.375 e. The molecule has 0 atom stereocenters. The molecule has 2 aromatic heterocycles. The van der Waals surface area contributed by atoms with Crippen LogP contribution in [0.15, 0.2) is 24.3 Å². The molecule has 1 aromatic carbocycles. The van der Waals surface area contributed by atoms with Crippen LogP contribution in [0.5, 0.6) is 0 Å². The smallest absolute Gasteiger partial charge is 0.180 e. The average Bonchev–Trinajstić information content (AvgIpc) is 3.04. The van der Waals surface area contributed by atoms with Gasteiger partial charge in [-0.3, -0.25) is 4.90 Å². The summed E-state index contributed by atoms with van der Waals surface area (Å²) in [7, 11) is 0. The van der Waals surface area contributed by atoms with Crippen molar-refractivity contribution in [2.45, 2.75) is 19.8 Å². The number of hydrogen-bond acceptors (Lipinski definition) is 6. The highest BCUT2D eigenvalue weighted by molar-refractivity contribution is 7.18. The molecule has 0 aliphatic carbocycles. The molecule has 0 amide bonds. The summed E-state index contributed by atoms with van der Waals surface area (Å²) in [6, 6.07) is 6.50. The summed E-state index contributed by atoms with van der Waals surface area (Å²) in [5, 5.41) is 1.83. The zero-order valence-corrected chi connectivity index (χ0v) is 15.3. The normalized spacial score (nSPS) is 15.9. The van der Waals surface area contributed by atoms with E-state index < -0.39 is 0 Å². The van der Waals surface area contributed by atoms with Gasteiger partial charge in [-0.05, 0) is 31.0 Å². The van der Waals surface area contributed by atoms with Crippen molar-refractivity contribution in [1.29, 1.82) is 0 Å². The van der Waals surface area contributed by atoms with Crippen molar-refractivity contribution in [2.75, 3.05) is 25.4 Å². The van der Waals surface area contributed by atoms with E-state index in [-0.39, 0.29) is 0 Å². The maximum atomic E-state index is 5.81. The zero-order chi connectivity index (χ0) is 16.5. The van der Waals surface area contributed by atoms with Gasteiger partial charge in [-0.15, -0.1) is 22.7 Å². The lowest BCUT2D eigenvalue weighted by atomic mass is 10.2. The van der Waals surface area contributed by atoms with Crippen molar-refractivity contribution in [2.24, 2.45) is 0 Å². The van der Waals surface area contributed by atoms with Crippen LogP contribution in [0.3, 0.4) is 0 Å². The lowest BCUT2D eigenvalue weighted by Crippen LogP contribution is -2.26. The second-order valence-electron chi connectivity index (χ2n) is 6.08. The van der Waals surface area contributed by atoms with E-state index in [0.29, 0.717) is 5.13 Å². The van der Waals surface area contributed by atoms with Crippen molar-refractivity contribution in [1.82, 2.24) is 14.9 Å². The molecule has 0 bridgehead atoms. The first-order valence-electron chi connectivity index (χ1n) is 8.17. The summed E-state index contributed by atoms with van der Waals surface area (Å²) in [5.74, 6) is 0. The van der Waals surface area contributed by atoms with Gasteiger partial charge in [-0.25, -0.2) is 9.97 Å². The Bertz CT molecular complexity index is 868. The standard InChI is InChI=1S/C18H20N4S2/c1-12-20-15-11-13(4-5-16(15)23-12)3-2-8-22-9-6-14-17(7-10-22)24-18(19)21-14/h2-5,11H,6-10H2,1H3,(H2,19,21). The predicted octanol–water partition coefficient (Wildman–Crippen LogP) is 3.76. The minimum atomic E-state index is 0.709. The Morgan fingerprint density at radius 2 is 2.08 bits per heavy atom. The van der Waals surface area contributed by atoms with Gasteiger partial charge < -0.3 is 5.73 Å². The van der Waals surface area contributed by atoms with Gasteiger partial charge in [0.15, 0.2) is 5.13 Å². The monoisotopic (exact) mass is 356 g/mol. The predicted molar refractivity (Wildman–Crippen MR) is 104 cm³/mol. The molecule has 0 spiro atoms. The minimum Gasteiger partial charge on any atom is -0.375 e. The number of fused-ring (bicyclic) bond motifs is 2. The van der Waals surface area contributed by atoms with Gasteiger partial charge in [-0.1, -0.05) is 18.2 Å². The summed E-state index contributed by atoms with van der Waals surface area (Å²) in [5.41, 5.74) is 9.33. The van der Waals surface area contributed by atoms with E-state index in [4.69, 9.17) is 5.73 Å². The Hall–Kier alpha value is -1.76. The number of thiazole rings is 2. The molecule has 0 unspecified atom stereocenters. The second-order valence-corrected chi connectivity index (χ2v) is 8.43. The van der Waals surface area contributed by atoms with Gasteiger partial charge in [0, 0.05) is 30.9 Å². The van der Waals surface area contributed by atoms with Crippen molar-refractivity contribution in [3.63, 3.8) is 0 Å². The number of anilines is 1. The third kappa shape index (κ3) is 3.36. The van der Waals surface area contributed by atoms with Gasteiger partial charge in [0.2, 0.25) is 0 Å². The molecule has 0 saturated carbocycles. The first kappa shape index (κ1) is 15.7. The first-order valence-corrected chi connectivity index (χ1v) is 9.81. The van der Waals surface area contributed by atoms with Gasteiger partial charge in [0.25, 0.3) is 0 Å². The molecule has 0 saturated heterocycles. The molecule has 24 heavy (non-hydrogen) atoms. The van der Waals surface area contributed by atoms with E-state index in [1.165, 1.54) is 20.8 Å². The molecule has 3 aromatic rings. The highest BCUT2D eigenvalue weighted by Crippen LogP contribution is 2.25. The third-order valence-electron chi connectivity index (χ3n) is 4.31. The SMILES string of the molecule is Cc1nc2cc(C=CCN3CCc4nc(N)sc4CC3)ccc2s1. The second kappa shape index (κ2) is 6.63. The highest BCUT2D eigenvalue weighted by atomic mass is 32.1. The Labute approximate surface area is 149 Å². The fourth-order valence-corrected chi connectivity index (χ4v) is 4.79. The van der Waals surface area contributed by atoms with Crippen LogP contribution in [0, 0.1) is 6.92 Å². The van der Waals surface area contributed by atoms with E-state index in [9.17, 15) is 0 Å². The summed E-state index contributed by atoms with van der Waals surface area (Å²) in [4.78, 5) is 12.9. The molecule has 0 fully saturated rings. The molecular formula is C18H20N4S2. The Morgan fingerprint density at radius 1 is 1.21 bits per heavy atom. The Balaban J connectivity index is 1.39. The number of benzene rings is 1. The van der Waals surface area contributed by atoms with Crippen molar-refractivity contribution in [3.8, 4) is 0 Å². The molecule has 1 aliphatic heterocycles. The first-order chi connectivity index (χ1) is 11.7. The fraction of sp³-hybridized carbons (Fsp3) is 0.333. The Kier molecular flexibility index (Phi) is 4.35. The molecule has 4 rings (SSSR count). The molecule has 1 aliphatic rings. The van der Waals surface area contributed by atoms with E-state index in [1.54, 1.807) is 22.7 Å². The fourth-order valence-electron chi connectivity index (χ4n) is 3.11. The van der Waals surface area contributed by atoms with Crippen LogP contribution in [-0.2, 0) is 12.8 Å². The molecule has 124 valence electrons. The van der Waals surface area contributed by atoms with Crippen LogP contribution < -0.4 is 5.73 Å². The molecule has 3 heterocycles. The van der Waals surface area contributed by atoms with Crippen LogP contribution in [0.25, 0.3) is 16.3 Å². The summed E-state index contributed by atoms with van der Waals surface area (Å²) in [6.07, 6.45) is 6.51. The quantitative estimate of drug-likeness (QED) is 0.776. The summed E-state index contributed by atoms with van der Waals surface area (Å²) in [6.45, 7) is 5.15. The number of aryl methyl sites for hydroxylation is 1. The molecule has 6 heteroatoms. The van der Waals surface area contributed by atoms with Crippen LogP contribution in [0.1, 0.15) is 21.1 Å². The average molecular weight is 357 g/mol. The van der Waals surface area contributed by atoms with Gasteiger partial charge in [-0.2, -0.15) is 0 Å². The van der Waals surface area contributed by atoms with Crippen LogP contribution in [0.4, 0.5) is 5.13 Å². The number of hydrogen-bond donors (Lipinski definition) is 1. The maximum absolute atomic E-state index is 5.81. The van der Waals surface area contributed by atoms with E-state index in [1.807, 2.05) is 0 Å². The van der Waals surface area contributed by atoms with E-state index in [0.717, 1.165) is 43.0 Å². The molecule has 2 N–H and O–H groups in total. The third-order valence-corrected chi connectivity index (χ3v) is 6.25. The van der Waals surface area contributed by atoms with Crippen LogP contribution in [0.2, 0.25) is 0 Å². The summed E-state index contributed by atoms with van der Waals surface area (Å²) < 4.78 is 1.26. The van der Waals surface area contributed by atoms with E-state index >= 15 is 0 Å².